The Labute approximate surface area is 424 Å². The van der Waals surface area contributed by atoms with Crippen LogP contribution in [0.3, 0.4) is 0 Å². The first-order valence-electron chi connectivity index (χ1n) is 25.0. The number of nitrogens with zero attached hydrogens (tertiary/aromatic N) is 3. The molecule has 2 unspecified atom stereocenters. The van der Waals surface area contributed by atoms with Gasteiger partial charge in [-0.25, -0.2) is 4.79 Å². The van der Waals surface area contributed by atoms with Gasteiger partial charge < -0.3 is 61.4 Å². The van der Waals surface area contributed by atoms with Crippen LogP contribution in [0.5, 0.6) is 0 Å². The number of carbonyl (C=O) groups excluding carboxylic acids is 8. The van der Waals surface area contributed by atoms with E-state index in [0.717, 1.165) is 17.7 Å². The highest BCUT2D eigenvalue weighted by Gasteiger charge is 2.42. The first kappa shape index (κ1) is 62.2. The number of carbonyl (C=O) groups is 9. The van der Waals surface area contributed by atoms with Crippen molar-refractivity contribution in [2.45, 2.75) is 143 Å². The quantitative estimate of drug-likeness (QED) is 0.0526. The van der Waals surface area contributed by atoms with Gasteiger partial charge in [0.2, 0.25) is 41.4 Å². The molecule has 1 aliphatic rings. The number of rotatable bonds is 31. The minimum absolute atomic E-state index is 0.0912. The fourth-order valence-electron chi connectivity index (χ4n) is 8.88. The molecule has 1 aromatic carbocycles. The summed E-state index contributed by atoms with van der Waals surface area (Å²) in [6.07, 6.45) is 2.11. The summed E-state index contributed by atoms with van der Waals surface area (Å²) >= 11 is 0. The first-order valence-corrected chi connectivity index (χ1v) is 25.0. The number of likely N-dealkylation sites (N-methyl/N-ethyl adjacent to an activating group) is 2. The summed E-state index contributed by atoms with van der Waals surface area (Å²) in [5.74, 6) is -5.69. The van der Waals surface area contributed by atoms with Crippen LogP contribution in [0.4, 0.5) is 10.5 Å². The third kappa shape index (κ3) is 19.6. The number of carboxylic acids is 1. The summed E-state index contributed by atoms with van der Waals surface area (Å²) in [6.45, 7) is 12.1. The number of methoxy groups -OCH3 is 2. The van der Waals surface area contributed by atoms with Gasteiger partial charge >= 0.3 is 12.1 Å². The van der Waals surface area contributed by atoms with Gasteiger partial charge in [-0.15, -0.1) is 0 Å². The third-order valence-corrected chi connectivity index (χ3v) is 13.1. The second-order valence-electron chi connectivity index (χ2n) is 19.2. The average Bonchev–Trinajstić information content (AvgIpc) is 3.83. The van der Waals surface area contributed by atoms with Crippen molar-refractivity contribution in [3.63, 3.8) is 0 Å². The summed E-state index contributed by atoms with van der Waals surface area (Å²) in [7, 11) is 5.92. The number of amides is 8. The van der Waals surface area contributed by atoms with E-state index in [1.54, 1.807) is 70.8 Å². The summed E-state index contributed by atoms with van der Waals surface area (Å²) in [5.41, 5.74) is 6.52. The lowest BCUT2D eigenvalue weighted by atomic mass is 9.90. The van der Waals surface area contributed by atoms with E-state index in [4.69, 9.17) is 25.1 Å². The fourth-order valence-corrected chi connectivity index (χ4v) is 8.88. The highest BCUT2D eigenvalue weighted by molar-refractivity contribution is 5.96. The number of nitrogens with one attached hydrogen (secondary N) is 5. The Morgan fingerprint density at radius 2 is 1.43 bits per heavy atom. The molecule has 0 aromatic heterocycles. The molecular weight excluding hydrogens is 935 g/mol. The molecule has 8 N–H and O–H groups in total. The zero-order valence-electron chi connectivity index (χ0n) is 44.2. The van der Waals surface area contributed by atoms with Crippen molar-refractivity contribution in [1.82, 2.24) is 36.0 Å². The lowest BCUT2D eigenvalue weighted by molar-refractivity contribution is -0.146. The van der Waals surface area contributed by atoms with Crippen LogP contribution < -0.4 is 32.3 Å². The SMILES string of the molecule is CC[C@H](C)[C@@H]([C@@H](CC(=O)N1CCC[C@H]1[C@H](OC)[C@@H](C)C(=O)NCC(=O)O)OC)N(C)C(=O)CNC(=O)C(C(C)C)N(C)C(=O)OCc1ccc(NC(=O)CNC(=O)C(NC(=O)CCCCCN)C(C)C)cc1. The normalized spacial score (nSPS) is 16.3. The summed E-state index contributed by atoms with van der Waals surface area (Å²) in [4.78, 5) is 121. The molecule has 72 heavy (non-hydrogen) atoms. The van der Waals surface area contributed by atoms with Crippen molar-refractivity contribution < 1.29 is 62.5 Å². The molecule has 0 radical (unpaired) electrons. The molecule has 8 atom stereocenters. The standard InChI is InChI=1S/C50H83N9O13/c1-12-32(6)45(37(70-10)25-40(62)59-24-16-17-36(59)46(71-11)33(7)47(66)54-28-42(64)65)57(8)41(63)27-53-49(68)44(31(4)5)58(9)50(69)72-29-34-19-21-35(22-20-34)55-39(61)26-52-48(67)43(30(2)3)56-38(60)18-14-13-15-23-51/h19-22,30-33,36-37,43-46H,12-18,23-29,51H2,1-11H3,(H,52,67)(H,53,68)(H,54,66)(H,55,61)(H,56,60)(H,64,65)/t32-,33+,36-,37+,43?,44?,45-,46+/m0/s1. The molecule has 1 aliphatic heterocycles. The van der Waals surface area contributed by atoms with E-state index in [0.29, 0.717) is 50.0 Å². The van der Waals surface area contributed by atoms with Gasteiger partial charge in [0.15, 0.2) is 0 Å². The number of anilines is 1. The largest absolute Gasteiger partial charge is 0.480 e. The molecule has 1 fully saturated rings. The lowest BCUT2D eigenvalue weighted by Crippen LogP contribution is -2.55. The van der Waals surface area contributed by atoms with Gasteiger partial charge in [-0.3, -0.25) is 43.3 Å². The molecule has 8 amide bonds. The maximum atomic E-state index is 14.0. The predicted octanol–water partition coefficient (Wildman–Crippen LogP) is 2.23. The Morgan fingerprint density at radius 1 is 0.792 bits per heavy atom. The number of hydrogen-bond acceptors (Lipinski definition) is 13. The van der Waals surface area contributed by atoms with Crippen LogP contribution in [0.2, 0.25) is 0 Å². The summed E-state index contributed by atoms with van der Waals surface area (Å²) in [6, 6.07) is 3.62. The molecule has 406 valence electrons. The lowest BCUT2D eigenvalue weighted by Gasteiger charge is -2.39. The minimum Gasteiger partial charge on any atom is -0.480 e. The Kier molecular flexibility index (Phi) is 27.3. The number of unbranched alkanes of at least 4 members (excludes halogenated alkanes) is 2. The van der Waals surface area contributed by atoms with Crippen LogP contribution in [0.1, 0.15) is 105 Å². The highest BCUT2D eigenvalue weighted by atomic mass is 16.6. The maximum absolute atomic E-state index is 14.0. The van der Waals surface area contributed by atoms with E-state index >= 15 is 0 Å². The number of hydrogen-bond donors (Lipinski definition) is 7. The number of ether oxygens (including phenoxy) is 3. The van der Waals surface area contributed by atoms with Crippen LogP contribution >= 0.6 is 0 Å². The smallest absolute Gasteiger partial charge is 0.410 e. The molecule has 1 aromatic rings. The van der Waals surface area contributed by atoms with E-state index in [1.807, 2.05) is 13.8 Å². The maximum Gasteiger partial charge on any atom is 0.410 e. The van der Waals surface area contributed by atoms with E-state index in [1.165, 1.54) is 26.2 Å². The molecular formula is C50H83N9O13. The fraction of sp³-hybridized carbons (Fsp3) is 0.700. The highest BCUT2D eigenvalue weighted by Crippen LogP contribution is 2.29. The molecule has 22 heteroatoms. The Hall–Kier alpha value is -5.87. The van der Waals surface area contributed by atoms with Gasteiger partial charge in [-0.1, -0.05) is 73.4 Å². The van der Waals surface area contributed by atoms with Crippen LogP contribution in [0.25, 0.3) is 0 Å². The number of aliphatic carboxylic acids is 1. The van der Waals surface area contributed by atoms with Crippen molar-refractivity contribution in [2.75, 3.05) is 66.4 Å². The molecule has 0 bridgehead atoms. The van der Waals surface area contributed by atoms with Crippen LogP contribution in [0.15, 0.2) is 24.3 Å². The van der Waals surface area contributed by atoms with E-state index in [9.17, 15) is 43.2 Å². The Balaban J connectivity index is 2.00. The Morgan fingerprint density at radius 3 is 2.00 bits per heavy atom. The van der Waals surface area contributed by atoms with Crippen LogP contribution in [0, 0.1) is 23.7 Å². The van der Waals surface area contributed by atoms with Crippen LogP contribution in [-0.2, 0) is 59.2 Å². The van der Waals surface area contributed by atoms with Gasteiger partial charge in [-0.2, -0.15) is 0 Å². The monoisotopic (exact) mass is 1020 g/mol. The average molecular weight is 1020 g/mol. The Bertz CT molecular complexity index is 1950. The van der Waals surface area contributed by atoms with Gasteiger partial charge in [0, 0.05) is 47.0 Å². The molecule has 0 saturated carbocycles. The van der Waals surface area contributed by atoms with E-state index < -0.39 is 97.0 Å². The summed E-state index contributed by atoms with van der Waals surface area (Å²) in [5, 5.41) is 22.1. The predicted molar refractivity (Wildman–Crippen MR) is 269 cm³/mol. The van der Waals surface area contributed by atoms with Gasteiger partial charge in [0.25, 0.3) is 0 Å². The first-order chi connectivity index (χ1) is 34.0. The van der Waals surface area contributed by atoms with E-state index in [-0.39, 0.29) is 55.6 Å². The number of likely N-dealkylation sites (tertiary alicyclic amines) is 1. The number of nitrogens with two attached hydrogens (primary N) is 1. The molecule has 0 aliphatic carbocycles. The number of benzene rings is 1. The van der Waals surface area contributed by atoms with Crippen molar-refractivity contribution in [2.24, 2.45) is 29.4 Å². The van der Waals surface area contributed by atoms with Crippen molar-refractivity contribution >= 4 is 59.1 Å². The molecule has 0 spiro atoms. The number of carboxylic acid groups (broad SMARTS) is 1. The third-order valence-electron chi connectivity index (χ3n) is 13.1. The zero-order chi connectivity index (χ0) is 54.2. The molecule has 1 heterocycles. The van der Waals surface area contributed by atoms with Crippen molar-refractivity contribution in [3.05, 3.63) is 29.8 Å². The van der Waals surface area contributed by atoms with E-state index in [2.05, 4.69) is 26.6 Å². The van der Waals surface area contributed by atoms with Crippen molar-refractivity contribution in [3.8, 4) is 0 Å². The minimum atomic E-state index is -1.18. The van der Waals surface area contributed by atoms with Crippen LogP contribution in [-0.4, -0.2) is 171 Å². The molecule has 1 saturated heterocycles. The topological polar surface area (TPSA) is 297 Å². The zero-order valence-corrected chi connectivity index (χ0v) is 44.2. The molecule has 22 nitrogen and oxygen atoms in total. The second-order valence-corrected chi connectivity index (χ2v) is 19.2. The van der Waals surface area contributed by atoms with Crippen molar-refractivity contribution in [1.29, 1.82) is 0 Å². The van der Waals surface area contributed by atoms with Gasteiger partial charge in [0.1, 0.15) is 25.2 Å². The summed E-state index contributed by atoms with van der Waals surface area (Å²) < 4.78 is 17.2. The molecule has 2 rings (SSSR count). The van der Waals surface area contributed by atoms with Gasteiger partial charge in [-0.05, 0) is 67.7 Å². The second kappa shape index (κ2) is 31.6. The van der Waals surface area contributed by atoms with Gasteiger partial charge in [0.05, 0.1) is 49.7 Å².